The van der Waals surface area contributed by atoms with Crippen molar-refractivity contribution in [2.45, 2.75) is 18.1 Å². The molecule has 0 aliphatic carbocycles. The number of hydrogen-bond acceptors (Lipinski definition) is 9. The fourth-order valence-electron chi connectivity index (χ4n) is 2.70. The molecule has 0 aliphatic heterocycles. The van der Waals surface area contributed by atoms with Crippen LogP contribution in [0.15, 0.2) is 22.3 Å². The van der Waals surface area contributed by atoms with Crippen molar-refractivity contribution in [3.63, 3.8) is 0 Å². The number of ether oxygens (including phenoxy) is 1. The number of pyridine rings is 1. The highest BCUT2D eigenvalue weighted by atomic mass is 35.5. The standard InChI is InChI=1S/C17H20ClFN7O2PS/c1-8(11-14(26-29-2)22-5-4-21-11)20-6-7-28-16-9-12(10(19)13(18)24-16)23-17(30-3)25-15(9)27/h4-5,8,20,29H,6-7H2,1-3H3,(H,22,26)(H,23,25,27)/t8-/m1/s1. The second-order valence-corrected chi connectivity index (χ2v) is 7.91. The molecule has 0 fully saturated rings. The number of nitrogens with one attached hydrogen (secondary N) is 3. The van der Waals surface area contributed by atoms with Crippen LogP contribution in [-0.2, 0) is 0 Å². The van der Waals surface area contributed by atoms with Gasteiger partial charge in [-0.1, -0.05) is 23.4 Å². The van der Waals surface area contributed by atoms with Gasteiger partial charge >= 0.3 is 0 Å². The number of aromatic amines is 1. The predicted octanol–water partition coefficient (Wildman–Crippen LogP) is 2.99. The molecular formula is C17H20ClFN7O2PS. The van der Waals surface area contributed by atoms with Gasteiger partial charge in [0.1, 0.15) is 17.5 Å². The molecule has 3 heterocycles. The molecule has 3 N–H and O–H groups in total. The van der Waals surface area contributed by atoms with E-state index in [2.05, 4.69) is 35.3 Å². The zero-order valence-corrected chi connectivity index (χ0v) is 19.0. The van der Waals surface area contributed by atoms with Crippen LogP contribution in [0.5, 0.6) is 5.88 Å². The summed E-state index contributed by atoms with van der Waals surface area (Å²) in [5.41, 5.74) is 0.0695. The molecule has 160 valence electrons. The predicted molar refractivity (Wildman–Crippen MR) is 119 cm³/mol. The first kappa shape index (κ1) is 22.6. The third-order valence-electron chi connectivity index (χ3n) is 4.07. The maximum absolute atomic E-state index is 14.4. The van der Waals surface area contributed by atoms with Gasteiger partial charge in [-0.2, -0.15) is 4.98 Å². The highest BCUT2D eigenvalue weighted by Gasteiger charge is 2.19. The summed E-state index contributed by atoms with van der Waals surface area (Å²) in [4.78, 5) is 31.6. The van der Waals surface area contributed by atoms with E-state index in [1.807, 2.05) is 13.6 Å². The van der Waals surface area contributed by atoms with Gasteiger partial charge < -0.3 is 20.1 Å². The van der Waals surface area contributed by atoms with Gasteiger partial charge in [0.25, 0.3) is 5.56 Å². The van der Waals surface area contributed by atoms with E-state index in [0.717, 1.165) is 11.5 Å². The lowest BCUT2D eigenvalue weighted by molar-refractivity contribution is 0.299. The molecule has 0 spiro atoms. The molecular weight excluding hydrogens is 452 g/mol. The van der Waals surface area contributed by atoms with E-state index in [9.17, 15) is 9.18 Å². The Morgan fingerprint density at radius 2 is 2.13 bits per heavy atom. The first-order chi connectivity index (χ1) is 14.5. The quantitative estimate of drug-likeness (QED) is 0.142. The molecule has 13 heteroatoms. The van der Waals surface area contributed by atoms with Crippen LogP contribution in [0.25, 0.3) is 10.9 Å². The van der Waals surface area contributed by atoms with E-state index in [1.165, 1.54) is 11.8 Å². The van der Waals surface area contributed by atoms with E-state index in [4.69, 9.17) is 16.3 Å². The molecule has 0 bridgehead atoms. The molecule has 2 atom stereocenters. The van der Waals surface area contributed by atoms with Gasteiger partial charge in [-0.25, -0.2) is 14.4 Å². The van der Waals surface area contributed by atoms with Crippen molar-refractivity contribution in [1.82, 2.24) is 30.2 Å². The number of nitrogens with zero attached hydrogens (tertiary/aromatic N) is 4. The van der Waals surface area contributed by atoms with Gasteiger partial charge in [0.15, 0.2) is 21.9 Å². The molecule has 9 nitrogen and oxygen atoms in total. The van der Waals surface area contributed by atoms with Crippen molar-refractivity contribution in [1.29, 1.82) is 0 Å². The van der Waals surface area contributed by atoms with Gasteiger partial charge in [-0.05, 0) is 28.6 Å². The van der Waals surface area contributed by atoms with E-state index in [1.54, 1.807) is 18.6 Å². The van der Waals surface area contributed by atoms with Crippen LogP contribution in [-0.4, -0.2) is 51.0 Å². The smallest absolute Gasteiger partial charge is 0.265 e. The van der Waals surface area contributed by atoms with Gasteiger partial charge in [0, 0.05) is 18.9 Å². The largest absolute Gasteiger partial charge is 0.476 e. The zero-order valence-electron chi connectivity index (χ0n) is 16.4. The van der Waals surface area contributed by atoms with E-state index in [0.29, 0.717) is 15.3 Å². The Morgan fingerprint density at radius 3 is 2.87 bits per heavy atom. The molecule has 0 saturated carbocycles. The lowest BCUT2D eigenvalue weighted by Crippen LogP contribution is -2.26. The number of hydrogen-bond donors (Lipinski definition) is 3. The summed E-state index contributed by atoms with van der Waals surface area (Å²) in [7, 11) is 0.497. The first-order valence-electron chi connectivity index (χ1n) is 8.89. The lowest BCUT2D eigenvalue weighted by Gasteiger charge is -2.16. The van der Waals surface area contributed by atoms with E-state index < -0.39 is 16.5 Å². The fraction of sp³-hybridized carbons (Fsp3) is 0.353. The van der Waals surface area contributed by atoms with Gasteiger partial charge in [-0.3, -0.25) is 9.78 Å². The van der Waals surface area contributed by atoms with Crippen molar-refractivity contribution in [2.24, 2.45) is 0 Å². The Labute approximate surface area is 182 Å². The van der Waals surface area contributed by atoms with Gasteiger partial charge in [-0.15, -0.1) is 0 Å². The van der Waals surface area contributed by atoms with Crippen molar-refractivity contribution < 1.29 is 9.13 Å². The number of H-pyrrole nitrogens is 1. The molecule has 0 radical (unpaired) electrons. The minimum absolute atomic E-state index is 0.0682. The first-order valence-corrected chi connectivity index (χ1v) is 12.0. The van der Waals surface area contributed by atoms with Crippen LogP contribution in [0.2, 0.25) is 5.15 Å². The fourth-order valence-corrected chi connectivity index (χ4v) is 3.68. The summed E-state index contributed by atoms with van der Waals surface area (Å²) in [6.45, 7) is 4.54. The zero-order chi connectivity index (χ0) is 21.7. The SMILES string of the molecule is CPNc1nccnc1[C@@H](C)NCCOc1nc(Cl)c(F)c2nc(SC)[nH]c(=O)c12. The summed E-state index contributed by atoms with van der Waals surface area (Å²) in [5, 5.41) is 6.26. The van der Waals surface area contributed by atoms with Crippen LogP contribution in [0.4, 0.5) is 10.2 Å². The second kappa shape index (κ2) is 10.3. The maximum Gasteiger partial charge on any atom is 0.265 e. The molecule has 0 saturated heterocycles. The van der Waals surface area contributed by atoms with Crippen LogP contribution < -0.4 is 20.7 Å². The van der Waals surface area contributed by atoms with Crippen LogP contribution in [0.3, 0.4) is 0 Å². The summed E-state index contributed by atoms with van der Waals surface area (Å²) >= 11 is 7.05. The van der Waals surface area contributed by atoms with Crippen LogP contribution in [0.1, 0.15) is 18.7 Å². The molecule has 3 rings (SSSR count). The molecule has 0 aliphatic rings. The van der Waals surface area contributed by atoms with E-state index >= 15 is 0 Å². The van der Waals surface area contributed by atoms with Crippen molar-refractivity contribution in [3.05, 3.63) is 39.4 Å². The monoisotopic (exact) mass is 471 g/mol. The summed E-state index contributed by atoms with van der Waals surface area (Å²) < 4.78 is 20.0. The third kappa shape index (κ3) is 4.97. The third-order valence-corrected chi connectivity index (χ3v) is 5.38. The Morgan fingerprint density at radius 1 is 1.37 bits per heavy atom. The highest BCUT2D eigenvalue weighted by molar-refractivity contribution is 7.98. The maximum atomic E-state index is 14.4. The average Bonchev–Trinajstić information content (AvgIpc) is 2.74. The lowest BCUT2D eigenvalue weighted by atomic mass is 10.2. The molecule has 3 aromatic heterocycles. The normalized spacial score (nSPS) is 12.6. The summed E-state index contributed by atoms with van der Waals surface area (Å²) in [5.74, 6) is -0.202. The Kier molecular flexibility index (Phi) is 7.76. The second-order valence-electron chi connectivity index (χ2n) is 6.01. The van der Waals surface area contributed by atoms with Crippen LogP contribution >= 0.6 is 32.1 Å². The molecule has 1 unspecified atom stereocenters. The molecule has 3 aromatic rings. The minimum Gasteiger partial charge on any atom is -0.476 e. The highest BCUT2D eigenvalue weighted by Crippen LogP contribution is 2.27. The molecule has 30 heavy (non-hydrogen) atoms. The van der Waals surface area contributed by atoms with Gasteiger partial charge in [0.05, 0.1) is 11.7 Å². The summed E-state index contributed by atoms with van der Waals surface area (Å²) in [6, 6.07) is -0.100. The number of fused-ring (bicyclic) bond motifs is 1. The van der Waals surface area contributed by atoms with Crippen LogP contribution in [0, 0.1) is 5.82 Å². The summed E-state index contributed by atoms with van der Waals surface area (Å²) in [6.07, 6.45) is 4.98. The number of halogens is 2. The number of rotatable bonds is 9. The van der Waals surface area contributed by atoms with Gasteiger partial charge in [0.2, 0.25) is 5.88 Å². The molecule has 0 amide bonds. The van der Waals surface area contributed by atoms with Crippen molar-refractivity contribution in [3.8, 4) is 5.88 Å². The Balaban J connectivity index is 1.72. The number of aromatic nitrogens is 5. The average molecular weight is 472 g/mol. The Bertz CT molecular complexity index is 1100. The Hall–Kier alpha value is -2.07. The molecule has 0 aromatic carbocycles. The van der Waals surface area contributed by atoms with Crippen molar-refractivity contribution >= 4 is 48.8 Å². The number of anilines is 1. The number of thioether (sulfide) groups is 1. The van der Waals surface area contributed by atoms with E-state index in [-0.39, 0.29) is 34.6 Å². The topological polar surface area (TPSA) is 118 Å². The van der Waals surface area contributed by atoms with Crippen molar-refractivity contribution in [2.75, 3.05) is 31.2 Å². The minimum atomic E-state index is -0.855.